The van der Waals surface area contributed by atoms with E-state index in [2.05, 4.69) is 16.0 Å². The zero-order valence-corrected chi connectivity index (χ0v) is 17.2. The molecule has 5 rings (SSSR count). The predicted octanol–water partition coefficient (Wildman–Crippen LogP) is 4.45. The molecule has 1 fully saturated rings. The summed E-state index contributed by atoms with van der Waals surface area (Å²) in [6.45, 7) is 3.34. The van der Waals surface area contributed by atoms with Crippen LogP contribution in [0.3, 0.4) is 0 Å². The van der Waals surface area contributed by atoms with Crippen LogP contribution in [0.5, 0.6) is 5.75 Å². The van der Waals surface area contributed by atoms with Crippen molar-refractivity contribution in [1.29, 1.82) is 0 Å². The number of para-hydroxylation sites is 2. The largest absolute Gasteiger partial charge is 0.497 e. The Labute approximate surface area is 174 Å². The van der Waals surface area contributed by atoms with Crippen molar-refractivity contribution in [2.45, 2.75) is 25.7 Å². The van der Waals surface area contributed by atoms with Crippen molar-refractivity contribution in [3.05, 3.63) is 65.6 Å². The highest BCUT2D eigenvalue weighted by Crippen LogP contribution is 2.29. The first kappa shape index (κ1) is 18.6. The Morgan fingerprint density at radius 2 is 1.87 bits per heavy atom. The summed E-state index contributed by atoms with van der Waals surface area (Å²) in [5.41, 5.74) is 4.34. The van der Waals surface area contributed by atoms with E-state index in [-0.39, 0.29) is 5.91 Å². The first-order valence-electron chi connectivity index (χ1n) is 10.3. The molecule has 1 aliphatic rings. The summed E-state index contributed by atoms with van der Waals surface area (Å²) in [6.07, 6.45) is 1.81. The van der Waals surface area contributed by atoms with Crippen molar-refractivity contribution in [2.75, 3.05) is 20.2 Å². The maximum atomic E-state index is 13.2. The minimum absolute atomic E-state index is 0.0563. The van der Waals surface area contributed by atoms with E-state index in [1.807, 2.05) is 54.3 Å². The van der Waals surface area contributed by atoms with Crippen LogP contribution >= 0.6 is 0 Å². The number of hydrogen-bond acceptors (Lipinski definition) is 4. The Morgan fingerprint density at radius 3 is 2.63 bits per heavy atom. The molecule has 1 N–H and O–H groups in total. The Balaban J connectivity index is 1.33. The number of nitrogens with zero attached hydrogens (tertiary/aromatic N) is 3. The molecule has 0 aliphatic carbocycles. The molecule has 4 aromatic rings. The maximum Gasteiger partial charge on any atom is 0.255 e. The van der Waals surface area contributed by atoms with E-state index in [4.69, 9.17) is 9.72 Å². The van der Waals surface area contributed by atoms with Crippen LogP contribution in [-0.4, -0.2) is 46.0 Å². The predicted molar refractivity (Wildman–Crippen MR) is 117 cm³/mol. The van der Waals surface area contributed by atoms with Gasteiger partial charge in [0.25, 0.3) is 5.91 Å². The fourth-order valence-electron chi connectivity index (χ4n) is 4.28. The number of nitrogens with one attached hydrogen (secondary N) is 1. The molecule has 6 nitrogen and oxygen atoms in total. The van der Waals surface area contributed by atoms with E-state index < -0.39 is 0 Å². The molecule has 0 saturated carbocycles. The standard InChI is InChI=1S/C24H24N4O2/c1-15-19(13-17-7-8-18(30-2)14-22(17)25-15)24(29)28-11-9-16(10-12-28)23-26-20-5-3-4-6-21(20)27-23/h3-8,13-14,16H,9-12H2,1-2H3,(H,26,27). The van der Waals surface area contributed by atoms with Gasteiger partial charge in [-0.1, -0.05) is 12.1 Å². The Bertz CT molecular complexity index is 1210. The number of pyridine rings is 1. The van der Waals surface area contributed by atoms with Crippen molar-refractivity contribution >= 4 is 27.8 Å². The number of aromatic nitrogens is 3. The van der Waals surface area contributed by atoms with Crippen LogP contribution in [0.2, 0.25) is 0 Å². The summed E-state index contributed by atoms with van der Waals surface area (Å²) < 4.78 is 5.28. The highest BCUT2D eigenvalue weighted by Gasteiger charge is 2.27. The van der Waals surface area contributed by atoms with Crippen molar-refractivity contribution in [3.8, 4) is 5.75 Å². The normalized spacial score (nSPS) is 15.1. The second-order valence-corrected chi connectivity index (χ2v) is 7.89. The lowest BCUT2D eigenvalue weighted by Gasteiger charge is -2.31. The van der Waals surface area contributed by atoms with Gasteiger partial charge in [0.2, 0.25) is 0 Å². The third-order valence-corrected chi connectivity index (χ3v) is 6.02. The van der Waals surface area contributed by atoms with Crippen molar-refractivity contribution in [2.24, 2.45) is 0 Å². The number of rotatable bonds is 3. The summed E-state index contributed by atoms with van der Waals surface area (Å²) in [6, 6.07) is 15.8. The number of fused-ring (bicyclic) bond motifs is 2. The number of benzene rings is 2. The van der Waals surface area contributed by atoms with Gasteiger partial charge in [-0.15, -0.1) is 0 Å². The number of aromatic amines is 1. The molecule has 6 heteroatoms. The van der Waals surface area contributed by atoms with E-state index >= 15 is 0 Å². The van der Waals surface area contributed by atoms with Gasteiger partial charge in [-0.25, -0.2) is 4.98 Å². The van der Waals surface area contributed by atoms with Gasteiger partial charge in [-0.05, 0) is 50.1 Å². The number of aryl methyl sites for hydroxylation is 1. The molecule has 1 saturated heterocycles. The van der Waals surface area contributed by atoms with E-state index in [1.165, 1.54) is 0 Å². The van der Waals surface area contributed by atoms with Gasteiger partial charge in [0.1, 0.15) is 11.6 Å². The van der Waals surface area contributed by atoms with Gasteiger partial charge in [0.15, 0.2) is 0 Å². The number of carbonyl (C=O) groups excluding carboxylic acids is 1. The summed E-state index contributed by atoms with van der Waals surface area (Å²) in [4.78, 5) is 28.0. The molecule has 2 aromatic carbocycles. The third-order valence-electron chi connectivity index (χ3n) is 6.02. The van der Waals surface area contributed by atoms with Gasteiger partial charge in [-0.3, -0.25) is 9.78 Å². The lowest BCUT2D eigenvalue weighted by Crippen LogP contribution is -2.38. The van der Waals surface area contributed by atoms with Crippen LogP contribution in [-0.2, 0) is 0 Å². The first-order chi connectivity index (χ1) is 14.6. The van der Waals surface area contributed by atoms with E-state index in [0.717, 1.165) is 65.1 Å². The van der Waals surface area contributed by atoms with Crippen molar-refractivity contribution in [3.63, 3.8) is 0 Å². The highest BCUT2D eigenvalue weighted by atomic mass is 16.5. The van der Waals surface area contributed by atoms with Gasteiger partial charge in [0, 0.05) is 30.5 Å². The van der Waals surface area contributed by atoms with E-state index in [0.29, 0.717) is 11.5 Å². The number of hydrogen-bond donors (Lipinski definition) is 1. The zero-order chi connectivity index (χ0) is 20.7. The molecule has 0 spiro atoms. The fraction of sp³-hybridized carbons (Fsp3) is 0.292. The molecule has 2 aromatic heterocycles. The number of H-pyrrole nitrogens is 1. The summed E-state index contributed by atoms with van der Waals surface area (Å²) in [5.74, 6) is 2.20. The Hall–Kier alpha value is -3.41. The summed E-state index contributed by atoms with van der Waals surface area (Å²) >= 11 is 0. The molecule has 0 unspecified atom stereocenters. The topological polar surface area (TPSA) is 71.1 Å². The molecule has 1 amide bonds. The van der Waals surface area contributed by atoms with Crippen LogP contribution in [0.4, 0.5) is 0 Å². The molecule has 30 heavy (non-hydrogen) atoms. The first-order valence-corrected chi connectivity index (χ1v) is 10.3. The smallest absolute Gasteiger partial charge is 0.255 e. The molecular formula is C24H24N4O2. The number of carbonyl (C=O) groups is 1. The number of piperidine rings is 1. The molecular weight excluding hydrogens is 376 g/mol. The average Bonchev–Trinajstić information content (AvgIpc) is 3.22. The summed E-state index contributed by atoms with van der Waals surface area (Å²) in [7, 11) is 1.64. The average molecular weight is 400 g/mol. The SMILES string of the molecule is COc1ccc2cc(C(=O)N3CCC(c4nc5ccccc5[nH]4)CC3)c(C)nc2c1. The lowest BCUT2D eigenvalue weighted by molar-refractivity contribution is 0.0710. The van der Waals surface area contributed by atoms with Crippen molar-refractivity contribution < 1.29 is 9.53 Å². The number of ether oxygens (including phenoxy) is 1. The third kappa shape index (κ3) is 3.28. The van der Waals surface area contributed by atoms with Crippen molar-refractivity contribution in [1.82, 2.24) is 19.9 Å². The number of methoxy groups -OCH3 is 1. The van der Waals surface area contributed by atoms with Crippen LogP contribution in [0, 0.1) is 6.92 Å². The van der Waals surface area contributed by atoms with E-state index in [9.17, 15) is 4.79 Å². The summed E-state index contributed by atoms with van der Waals surface area (Å²) in [5, 5.41) is 0.946. The zero-order valence-electron chi connectivity index (χ0n) is 17.2. The van der Waals surface area contributed by atoms with Crippen LogP contribution in [0.25, 0.3) is 21.9 Å². The minimum atomic E-state index is 0.0563. The molecule has 152 valence electrons. The quantitative estimate of drug-likeness (QED) is 0.552. The van der Waals surface area contributed by atoms with Gasteiger partial charge in [-0.2, -0.15) is 0 Å². The molecule has 0 atom stereocenters. The van der Waals surface area contributed by atoms with Gasteiger partial charge >= 0.3 is 0 Å². The minimum Gasteiger partial charge on any atom is -0.497 e. The lowest BCUT2D eigenvalue weighted by atomic mass is 9.95. The molecule has 0 radical (unpaired) electrons. The molecule has 1 aliphatic heterocycles. The monoisotopic (exact) mass is 400 g/mol. The van der Waals surface area contributed by atoms with E-state index in [1.54, 1.807) is 7.11 Å². The van der Waals surface area contributed by atoms with Crippen LogP contribution < -0.4 is 4.74 Å². The highest BCUT2D eigenvalue weighted by molar-refractivity contribution is 5.98. The number of amides is 1. The van der Waals surface area contributed by atoms with Gasteiger partial charge in [0.05, 0.1) is 34.9 Å². The second-order valence-electron chi connectivity index (χ2n) is 7.89. The van der Waals surface area contributed by atoms with Gasteiger partial charge < -0.3 is 14.6 Å². The Kier molecular flexibility index (Phi) is 4.62. The molecule has 3 heterocycles. The number of imidazole rings is 1. The molecule has 0 bridgehead atoms. The second kappa shape index (κ2) is 7.44. The fourth-order valence-corrected chi connectivity index (χ4v) is 4.28. The maximum absolute atomic E-state index is 13.2. The Morgan fingerprint density at radius 1 is 1.07 bits per heavy atom. The number of likely N-dealkylation sites (tertiary alicyclic amines) is 1. The van der Waals surface area contributed by atoms with Crippen LogP contribution in [0.1, 0.15) is 40.6 Å². The van der Waals surface area contributed by atoms with Crippen LogP contribution in [0.15, 0.2) is 48.5 Å².